The minimum Gasteiger partial charge on any atom is -0.744 e. The van der Waals surface area contributed by atoms with E-state index in [1.54, 1.807) is 6.92 Å². The Kier molecular flexibility index (Phi) is 7.80. The quantitative estimate of drug-likeness (QED) is 0.164. The van der Waals surface area contributed by atoms with Crippen LogP contribution in [0.4, 0.5) is 35.2 Å². The maximum Gasteiger partial charge on any atom is 0.233 e. The summed E-state index contributed by atoms with van der Waals surface area (Å²) in [5, 5.41) is 5.17. The highest BCUT2D eigenvalue weighted by atomic mass is 35.5. The number of nitrogens with one attached hydrogen (secondary N) is 2. The van der Waals surface area contributed by atoms with E-state index in [4.69, 9.17) is 23.1 Å². The van der Waals surface area contributed by atoms with Crippen LogP contribution < -0.4 is 22.1 Å². The first-order valence-corrected chi connectivity index (χ1v) is 13.9. The van der Waals surface area contributed by atoms with Crippen molar-refractivity contribution in [2.45, 2.75) is 16.7 Å². The minimum absolute atomic E-state index is 0.0173. The van der Waals surface area contributed by atoms with Gasteiger partial charge in [0.1, 0.15) is 26.1 Å². The van der Waals surface area contributed by atoms with Gasteiger partial charge >= 0.3 is 0 Å². The van der Waals surface area contributed by atoms with Gasteiger partial charge in [0.2, 0.25) is 29.1 Å². The number of hydrogen-bond acceptors (Lipinski definition) is 16. The molecule has 0 spiro atoms. The predicted octanol–water partition coefficient (Wildman–Crippen LogP) is 1.65. The lowest BCUT2D eigenvalue weighted by Crippen LogP contribution is -2.06. The van der Waals surface area contributed by atoms with Gasteiger partial charge in [-0.2, -0.15) is 29.9 Å². The van der Waals surface area contributed by atoms with Crippen molar-refractivity contribution in [3.63, 3.8) is 0 Å². The molecule has 2 aromatic heterocycles. The van der Waals surface area contributed by atoms with Crippen molar-refractivity contribution >= 4 is 79.2 Å². The molecule has 4 rings (SSSR count). The molecule has 4 aromatic rings. The van der Waals surface area contributed by atoms with Gasteiger partial charge in [-0.25, -0.2) is 16.8 Å². The molecule has 208 valence electrons. The Morgan fingerprint density at radius 2 is 1.18 bits per heavy atom. The summed E-state index contributed by atoms with van der Waals surface area (Å²) >= 11 is 5.73. The minimum atomic E-state index is -5.02. The molecule has 0 saturated carbocycles. The Labute approximate surface area is 232 Å². The molecule has 0 atom stereocenters. The molecule has 0 saturated heterocycles. The highest BCUT2D eigenvalue weighted by Gasteiger charge is 2.13. The lowest BCUT2D eigenvalue weighted by molar-refractivity contribution is 0.460. The number of nitrogens with zero attached hydrogens (tertiary/aromatic N) is 6. The van der Waals surface area contributed by atoms with Crippen molar-refractivity contribution in [2.75, 3.05) is 22.1 Å². The van der Waals surface area contributed by atoms with E-state index in [1.807, 2.05) is 0 Å². The fourth-order valence-electron chi connectivity index (χ4n) is 3.35. The van der Waals surface area contributed by atoms with E-state index in [1.165, 1.54) is 36.4 Å². The predicted molar refractivity (Wildman–Crippen MR) is 143 cm³/mol. The zero-order chi connectivity index (χ0) is 29.2. The number of benzene rings is 2. The number of nitrogen functional groups attached to an aromatic ring is 2. The van der Waals surface area contributed by atoms with Crippen LogP contribution >= 0.6 is 11.6 Å². The number of rotatable bonds is 8. The van der Waals surface area contributed by atoms with Gasteiger partial charge in [0.25, 0.3) is 0 Å². The molecular formula is C21H17ClN10O6S2-2. The van der Waals surface area contributed by atoms with Crippen molar-refractivity contribution in [1.82, 2.24) is 29.9 Å². The second-order valence-corrected chi connectivity index (χ2v) is 10.9. The Morgan fingerprint density at radius 3 is 1.60 bits per heavy atom. The van der Waals surface area contributed by atoms with Crippen LogP contribution in [0.3, 0.4) is 0 Å². The van der Waals surface area contributed by atoms with E-state index >= 15 is 0 Å². The molecule has 19 heteroatoms. The number of aryl methyl sites for hydroxylation is 1. The second kappa shape index (κ2) is 10.9. The highest BCUT2D eigenvalue weighted by Crippen LogP contribution is 2.27. The van der Waals surface area contributed by atoms with Crippen molar-refractivity contribution < 1.29 is 25.9 Å². The maximum absolute atomic E-state index is 12.0. The summed E-state index contributed by atoms with van der Waals surface area (Å²) in [5.74, 6) is -0.0556. The van der Waals surface area contributed by atoms with Crippen LogP contribution in [0, 0.1) is 6.92 Å². The van der Waals surface area contributed by atoms with Crippen molar-refractivity contribution in [2.24, 2.45) is 0 Å². The zero-order valence-electron chi connectivity index (χ0n) is 20.1. The molecule has 0 radical (unpaired) electrons. The van der Waals surface area contributed by atoms with E-state index in [0.29, 0.717) is 5.82 Å². The summed E-state index contributed by atoms with van der Waals surface area (Å²) in [6.45, 7) is 1.57. The third kappa shape index (κ3) is 7.12. The molecule has 0 bridgehead atoms. The van der Waals surface area contributed by atoms with E-state index in [9.17, 15) is 25.9 Å². The second-order valence-electron chi connectivity index (χ2n) is 7.85. The first-order valence-electron chi connectivity index (χ1n) is 10.7. The summed E-state index contributed by atoms with van der Waals surface area (Å²) in [6.07, 6.45) is 2.34. The number of hydrogen-bond donors (Lipinski definition) is 4. The molecule has 16 nitrogen and oxygen atoms in total. The molecule has 40 heavy (non-hydrogen) atoms. The average molecular weight is 605 g/mol. The number of aromatic nitrogens is 6. The van der Waals surface area contributed by atoms with Crippen LogP contribution in [0.15, 0.2) is 46.2 Å². The summed E-state index contributed by atoms with van der Waals surface area (Å²) < 4.78 is 72.0. The lowest BCUT2D eigenvalue weighted by Gasteiger charge is -2.15. The normalized spacial score (nSPS) is 12.0. The first-order chi connectivity index (χ1) is 18.7. The summed E-state index contributed by atoms with van der Waals surface area (Å²) in [7, 11) is -10.0. The van der Waals surface area contributed by atoms with Crippen LogP contribution in [0.5, 0.6) is 0 Å². The Bertz CT molecular complexity index is 1690. The van der Waals surface area contributed by atoms with Gasteiger partial charge in [-0.3, -0.25) is 0 Å². The lowest BCUT2D eigenvalue weighted by atomic mass is 10.1. The van der Waals surface area contributed by atoms with Crippen LogP contribution in [-0.4, -0.2) is 55.8 Å². The molecule has 0 unspecified atom stereocenters. The Morgan fingerprint density at radius 1 is 0.725 bits per heavy atom. The standard InChI is InChI=1S/C21H19ClN10O6S2/c1-10-25-18(23)31-20(26-10)27-13-6-4-11(15(8-13)39(33,34)35)2-3-12-5-7-14(9-16(12)40(36,37)38)28-21-30-17(22)29-19(24)32-21/h2-9H,1H3,(H,33,34,35)(H,36,37,38)(H3,23,25,26,27,31)(H3,24,28,29,30,32)/p-2/b3-2+. The van der Waals surface area contributed by atoms with E-state index in [-0.39, 0.29) is 51.6 Å². The smallest absolute Gasteiger partial charge is 0.233 e. The molecule has 0 amide bonds. The zero-order valence-corrected chi connectivity index (χ0v) is 22.5. The molecule has 0 aliphatic rings. The summed E-state index contributed by atoms with van der Waals surface area (Å²) in [5.41, 5.74) is 11.2. The number of halogens is 1. The van der Waals surface area contributed by atoms with E-state index < -0.39 is 30.0 Å². The first kappa shape index (κ1) is 28.5. The molecule has 0 fully saturated rings. The third-order valence-corrected chi connectivity index (χ3v) is 6.86. The van der Waals surface area contributed by atoms with Crippen molar-refractivity contribution in [3.05, 3.63) is 58.6 Å². The average Bonchev–Trinajstić information content (AvgIpc) is 2.81. The molecule has 6 N–H and O–H groups in total. The summed E-state index contributed by atoms with van der Waals surface area (Å²) in [4.78, 5) is 21.6. The van der Waals surface area contributed by atoms with Gasteiger partial charge in [0.15, 0.2) is 0 Å². The SMILES string of the molecule is Cc1nc(N)nc(Nc2ccc(/C=C/c3ccc(Nc4nc(N)nc(Cl)n4)cc3S(=O)(=O)[O-])c(S(=O)(=O)[O-])c2)n1. The monoisotopic (exact) mass is 604 g/mol. The topological polar surface area (TPSA) is 268 Å². The van der Waals surface area contributed by atoms with Gasteiger partial charge in [-0.05, 0) is 53.9 Å². The largest absolute Gasteiger partial charge is 0.744 e. The fourth-order valence-corrected chi connectivity index (χ4v) is 4.91. The Balaban J connectivity index is 1.69. The van der Waals surface area contributed by atoms with Crippen molar-refractivity contribution in [1.29, 1.82) is 0 Å². The molecular weight excluding hydrogens is 588 g/mol. The van der Waals surface area contributed by atoms with Crippen LogP contribution in [0.2, 0.25) is 5.28 Å². The van der Waals surface area contributed by atoms with Crippen LogP contribution in [-0.2, 0) is 20.2 Å². The fraction of sp³-hybridized carbons (Fsp3) is 0.0476. The van der Waals surface area contributed by atoms with Crippen LogP contribution in [0.25, 0.3) is 12.2 Å². The highest BCUT2D eigenvalue weighted by molar-refractivity contribution is 7.86. The van der Waals surface area contributed by atoms with Gasteiger partial charge in [-0.1, -0.05) is 24.3 Å². The van der Waals surface area contributed by atoms with Gasteiger partial charge in [0.05, 0.1) is 9.79 Å². The number of anilines is 6. The molecule has 0 aliphatic carbocycles. The van der Waals surface area contributed by atoms with Crippen molar-refractivity contribution in [3.8, 4) is 0 Å². The number of nitrogens with two attached hydrogens (primary N) is 2. The van der Waals surface area contributed by atoms with Gasteiger partial charge in [-0.15, -0.1) is 0 Å². The third-order valence-electron chi connectivity index (χ3n) is 4.91. The maximum atomic E-state index is 12.0. The molecule has 2 aromatic carbocycles. The van der Waals surface area contributed by atoms with Gasteiger partial charge in [0, 0.05) is 11.4 Å². The van der Waals surface area contributed by atoms with E-state index in [2.05, 4.69) is 40.5 Å². The van der Waals surface area contributed by atoms with E-state index in [0.717, 1.165) is 12.1 Å². The molecule has 0 aliphatic heterocycles. The molecule has 2 heterocycles. The van der Waals surface area contributed by atoms with Gasteiger partial charge < -0.3 is 31.2 Å². The Hall–Kier alpha value is -4.49. The van der Waals surface area contributed by atoms with Crippen LogP contribution in [0.1, 0.15) is 17.0 Å². The summed E-state index contributed by atoms with van der Waals surface area (Å²) in [6, 6.07) is 7.43.